The summed E-state index contributed by atoms with van der Waals surface area (Å²) in [4.78, 5) is 12.1. The second kappa shape index (κ2) is 4.92. The van der Waals surface area contributed by atoms with Crippen LogP contribution in [0.15, 0.2) is 42.5 Å². The van der Waals surface area contributed by atoms with Gasteiger partial charge in [-0.3, -0.25) is 4.79 Å². The average Bonchev–Trinajstić information content (AvgIpc) is 2.88. The second-order valence-electron chi connectivity index (χ2n) is 4.65. The van der Waals surface area contributed by atoms with Crippen molar-refractivity contribution in [1.82, 2.24) is 0 Å². The van der Waals surface area contributed by atoms with Crippen molar-refractivity contribution in [3.8, 4) is 0 Å². The topological polar surface area (TPSA) is 41.1 Å². The molecule has 1 aliphatic heterocycles. The first-order valence-corrected chi connectivity index (χ1v) is 6.24. The Morgan fingerprint density at radius 3 is 2.75 bits per heavy atom. The fraction of sp³-hybridized carbons (Fsp3) is 0.133. The summed E-state index contributed by atoms with van der Waals surface area (Å²) in [6.45, 7) is 0. The molecule has 0 unspecified atom stereocenters. The molecule has 5 heteroatoms. The fourth-order valence-electron chi connectivity index (χ4n) is 2.28. The predicted octanol–water partition coefficient (Wildman–Crippen LogP) is 2.94. The molecule has 0 spiro atoms. The third kappa shape index (κ3) is 2.22. The van der Waals surface area contributed by atoms with Gasteiger partial charge in [0.25, 0.3) is 0 Å². The highest BCUT2D eigenvalue weighted by Gasteiger charge is 2.27. The smallest absolute Gasteiger partial charge is 0.247 e. The molecule has 102 valence electrons. The first kappa shape index (κ1) is 12.6. The van der Waals surface area contributed by atoms with Gasteiger partial charge in [-0.05, 0) is 23.8 Å². The van der Waals surface area contributed by atoms with E-state index in [9.17, 15) is 13.6 Å². The maximum absolute atomic E-state index is 13.5. The number of carbonyl (C=O) groups is 1. The van der Waals surface area contributed by atoms with Crippen LogP contribution in [0.25, 0.3) is 0 Å². The Hall–Kier alpha value is -2.43. The van der Waals surface area contributed by atoms with Crippen LogP contribution >= 0.6 is 0 Å². The Morgan fingerprint density at radius 1 is 1.15 bits per heavy atom. The second-order valence-corrected chi connectivity index (χ2v) is 4.65. The van der Waals surface area contributed by atoms with Crippen molar-refractivity contribution < 1.29 is 13.6 Å². The maximum Gasteiger partial charge on any atom is 0.247 e. The van der Waals surface area contributed by atoms with Crippen LogP contribution in [0.2, 0.25) is 0 Å². The molecule has 0 aromatic heterocycles. The monoisotopic (exact) mass is 274 g/mol. The minimum absolute atomic E-state index is 0.146. The van der Waals surface area contributed by atoms with Gasteiger partial charge in [0.1, 0.15) is 6.04 Å². The van der Waals surface area contributed by atoms with Crippen molar-refractivity contribution in [2.75, 3.05) is 10.6 Å². The van der Waals surface area contributed by atoms with Crippen LogP contribution in [0.4, 0.5) is 20.2 Å². The number of hydrogen-bond donors (Lipinski definition) is 2. The van der Waals surface area contributed by atoms with E-state index in [4.69, 9.17) is 0 Å². The number of halogens is 2. The number of para-hydroxylation sites is 1. The van der Waals surface area contributed by atoms with Crippen molar-refractivity contribution in [3.63, 3.8) is 0 Å². The number of amides is 1. The highest BCUT2D eigenvalue weighted by Crippen LogP contribution is 2.26. The van der Waals surface area contributed by atoms with Gasteiger partial charge in [0.15, 0.2) is 11.6 Å². The van der Waals surface area contributed by atoms with E-state index in [-0.39, 0.29) is 11.6 Å². The summed E-state index contributed by atoms with van der Waals surface area (Å²) in [5, 5.41) is 5.47. The molecule has 2 aromatic carbocycles. The minimum Gasteiger partial charge on any atom is -0.373 e. The van der Waals surface area contributed by atoms with Crippen LogP contribution in [-0.4, -0.2) is 11.9 Å². The van der Waals surface area contributed by atoms with Crippen LogP contribution in [0.1, 0.15) is 5.56 Å². The zero-order valence-electron chi connectivity index (χ0n) is 10.5. The minimum atomic E-state index is -1.05. The maximum atomic E-state index is 13.5. The lowest BCUT2D eigenvalue weighted by atomic mass is 10.1. The average molecular weight is 274 g/mol. The normalized spacial score (nSPS) is 16.4. The van der Waals surface area contributed by atoms with Gasteiger partial charge in [-0.2, -0.15) is 0 Å². The molecule has 1 amide bonds. The van der Waals surface area contributed by atoms with Gasteiger partial charge < -0.3 is 10.6 Å². The zero-order chi connectivity index (χ0) is 14.1. The van der Waals surface area contributed by atoms with Gasteiger partial charge in [0.2, 0.25) is 5.91 Å². The van der Waals surface area contributed by atoms with Crippen LogP contribution in [-0.2, 0) is 11.2 Å². The van der Waals surface area contributed by atoms with Gasteiger partial charge in [-0.15, -0.1) is 0 Å². The quantitative estimate of drug-likeness (QED) is 0.884. The summed E-state index contributed by atoms with van der Waals surface area (Å²) in [5.41, 5.74) is 1.78. The molecule has 1 atom stereocenters. The van der Waals surface area contributed by atoms with E-state index >= 15 is 0 Å². The number of benzene rings is 2. The van der Waals surface area contributed by atoms with Gasteiger partial charge in [-0.1, -0.05) is 24.3 Å². The van der Waals surface area contributed by atoms with Crippen LogP contribution in [0.3, 0.4) is 0 Å². The first-order valence-electron chi connectivity index (χ1n) is 6.24. The van der Waals surface area contributed by atoms with E-state index in [0.29, 0.717) is 6.42 Å². The lowest BCUT2D eigenvalue weighted by Crippen LogP contribution is -2.33. The third-order valence-electron chi connectivity index (χ3n) is 3.30. The van der Waals surface area contributed by atoms with E-state index in [1.807, 2.05) is 24.3 Å². The molecule has 3 rings (SSSR count). The van der Waals surface area contributed by atoms with Crippen LogP contribution < -0.4 is 10.6 Å². The molecule has 2 aromatic rings. The molecule has 20 heavy (non-hydrogen) atoms. The molecule has 2 N–H and O–H groups in total. The molecule has 1 aliphatic rings. The summed E-state index contributed by atoms with van der Waals surface area (Å²) in [6.07, 6.45) is 0.527. The molecule has 3 nitrogen and oxygen atoms in total. The van der Waals surface area contributed by atoms with E-state index in [1.54, 1.807) is 0 Å². The number of nitrogens with one attached hydrogen (secondary N) is 2. The highest BCUT2D eigenvalue weighted by molar-refractivity contribution is 5.98. The van der Waals surface area contributed by atoms with Crippen molar-refractivity contribution in [3.05, 3.63) is 59.7 Å². The molecule has 0 saturated heterocycles. The standard InChI is InChI=1S/C15H12F2N2O/c16-10-5-3-7-12(14(10)17)19-15(20)13-8-9-4-1-2-6-11(9)18-13/h1-7,13,18H,8H2,(H,19,20)/t13-/m0/s1. The van der Waals surface area contributed by atoms with Gasteiger partial charge >= 0.3 is 0 Å². The molecule has 0 bridgehead atoms. The summed E-state index contributed by atoms with van der Waals surface area (Å²) >= 11 is 0. The number of carbonyl (C=O) groups excluding carboxylic acids is 1. The fourth-order valence-corrected chi connectivity index (χ4v) is 2.28. The molecule has 0 aliphatic carbocycles. The molecule has 0 saturated carbocycles. The summed E-state index contributed by atoms with van der Waals surface area (Å²) in [6, 6.07) is 10.8. The Bertz CT molecular complexity index is 648. The number of anilines is 2. The van der Waals surface area contributed by atoms with E-state index in [0.717, 1.165) is 17.3 Å². The predicted molar refractivity (Wildman–Crippen MR) is 72.5 cm³/mol. The van der Waals surface area contributed by atoms with E-state index in [1.165, 1.54) is 12.1 Å². The Morgan fingerprint density at radius 2 is 1.95 bits per heavy atom. The number of hydrogen-bond acceptors (Lipinski definition) is 2. The molecule has 0 radical (unpaired) electrons. The van der Waals surface area contributed by atoms with Crippen LogP contribution in [0, 0.1) is 11.6 Å². The van der Waals surface area contributed by atoms with Crippen molar-refractivity contribution >= 4 is 17.3 Å². The Kier molecular flexibility index (Phi) is 3.10. The number of rotatable bonds is 2. The van der Waals surface area contributed by atoms with Crippen LogP contribution in [0.5, 0.6) is 0 Å². The zero-order valence-corrected chi connectivity index (χ0v) is 10.5. The van der Waals surface area contributed by atoms with Gasteiger partial charge in [0, 0.05) is 12.1 Å². The van der Waals surface area contributed by atoms with Gasteiger partial charge in [0.05, 0.1) is 5.69 Å². The van der Waals surface area contributed by atoms with E-state index < -0.39 is 17.7 Å². The molecular formula is C15H12F2N2O. The summed E-state index contributed by atoms with van der Waals surface area (Å²) in [5.74, 6) is -2.41. The van der Waals surface area contributed by atoms with Gasteiger partial charge in [-0.25, -0.2) is 8.78 Å². The lowest BCUT2D eigenvalue weighted by molar-refractivity contribution is -0.116. The SMILES string of the molecule is O=C(Nc1cccc(F)c1F)[C@@H]1Cc2ccccc2N1. The molecule has 0 fully saturated rings. The van der Waals surface area contributed by atoms with Crippen molar-refractivity contribution in [2.45, 2.75) is 12.5 Å². The number of fused-ring (bicyclic) bond motifs is 1. The first-order chi connectivity index (χ1) is 9.65. The van der Waals surface area contributed by atoms with Crippen molar-refractivity contribution in [1.29, 1.82) is 0 Å². The molecule has 1 heterocycles. The Labute approximate surface area is 114 Å². The Balaban J connectivity index is 1.74. The lowest BCUT2D eigenvalue weighted by Gasteiger charge is -2.12. The largest absolute Gasteiger partial charge is 0.373 e. The van der Waals surface area contributed by atoms with Crippen molar-refractivity contribution in [2.24, 2.45) is 0 Å². The third-order valence-corrected chi connectivity index (χ3v) is 3.30. The van der Waals surface area contributed by atoms with E-state index in [2.05, 4.69) is 10.6 Å². The highest BCUT2D eigenvalue weighted by atomic mass is 19.2. The molecular weight excluding hydrogens is 262 g/mol. The summed E-state index contributed by atoms with van der Waals surface area (Å²) < 4.78 is 26.6. The summed E-state index contributed by atoms with van der Waals surface area (Å²) in [7, 11) is 0.